The molecule has 0 rings (SSSR count). The Morgan fingerprint density at radius 1 is 1.75 bits per heavy atom. The Bertz CT molecular complexity index is 13.5. The summed E-state index contributed by atoms with van der Waals surface area (Å²) >= 11 is 3.55. The van der Waals surface area contributed by atoms with E-state index in [0.29, 0.717) is 0 Å². The standard InChI is InChI=1S/C2H4S.Ag/c1-2-3;/h2-3H,1H2;/q;+1. The third-order valence-electron chi connectivity index (χ3n) is 0. The van der Waals surface area contributed by atoms with Gasteiger partial charge in [-0.1, -0.05) is 6.58 Å². The number of hydrogen-bond acceptors (Lipinski definition) is 1. The van der Waals surface area contributed by atoms with Gasteiger partial charge in [0.05, 0.1) is 0 Å². The topological polar surface area (TPSA) is 0 Å². The molecule has 0 nitrogen and oxygen atoms in total. The Kier molecular flexibility index (Phi) is 20.3. The summed E-state index contributed by atoms with van der Waals surface area (Å²) in [6, 6.07) is 0. The van der Waals surface area contributed by atoms with Gasteiger partial charge in [0.2, 0.25) is 0 Å². The van der Waals surface area contributed by atoms with Crippen LogP contribution in [0.3, 0.4) is 0 Å². The molecule has 0 unspecified atom stereocenters. The van der Waals surface area contributed by atoms with Crippen molar-refractivity contribution in [3.05, 3.63) is 12.0 Å². The summed E-state index contributed by atoms with van der Waals surface area (Å²) in [5, 5.41) is 1.44. The van der Waals surface area contributed by atoms with Crippen LogP contribution >= 0.6 is 12.6 Å². The van der Waals surface area contributed by atoms with Crippen LogP contribution in [0.2, 0.25) is 0 Å². The van der Waals surface area contributed by atoms with E-state index in [2.05, 4.69) is 19.2 Å². The van der Waals surface area contributed by atoms with Gasteiger partial charge in [-0.2, -0.15) is 12.6 Å². The zero-order chi connectivity index (χ0) is 2.71. The maximum Gasteiger partial charge on any atom is 1.00 e. The Balaban J connectivity index is 0. The van der Waals surface area contributed by atoms with Crippen molar-refractivity contribution in [2.24, 2.45) is 0 Å². The van der Waals surface area contributed by atoms with Crippen molar-refractivity contribution >= 4 is 12.6 Å². The van der Waals surface area contributed by atoms with E-state index in [-0.39, 0.29) is 22.4 Å². The van der Waals surface area contributed by atoms with Crippen LogP contribution in [-0.4, -0.2) is 0 Å². The van der Waals surface area contributed by atoms with Crippen molar-refractivity contribution in [1.29, 1.82) is 0 Å². The van der Waals surface area contributed by atoms with Crippen LogP contribution in [0.15, 0.2) is 12.0 Å². The fourth-order valence-electron chi connectivity index (χ4n) is 0. The first kappa shape index (κ1) is 8.85. The zero-order valence-corrected chi connectivity index (χ0v) is 4.41. The first-order valence-electron chi connectivity index (χ1n) is 0.666. The van der Waals surface area contributed by atoms with Crippen LogP contribution in [0.4, 0.5) is 0 Å². The molecule has 0 spiro atoms. The van der Waals surface area contributed by atoms with E-state index >= 15 is 0 Å². The van der Waals surface area contributed by atoms with Crippen molar-refractivity contribution in [2.75, 3.05) is 0 Å². The van der Waals surface area contributed by atoms with Crippen LogP contribution < -0.4 is 0 Å². The molecular formula is C2H4AgS+. The molecule has 0 aliphatic carbocycles. The first-order chi connectivity index (χ1) is 1.41. The van der Waals surface area contributed by atoms with Gasteiger partial charge in [-0.05, 0) is 5.41 Å². The molecule has 0 radical (unpaired) electrons. The largest absolute Gasteiger partial charge is 1.00 e. The maximum absolute atomic E-state index is 3.55. The summed E-state index contributed by atoms with van der Waals surface area (Å²) in [6.07, 6.45) is 0. The van der Waals surface area contributed by atoms with Gasteiger partial charge >= 0.3 is 22.4 Å². The average molecular weight is 168 g/mol. The molecule has 0 saturated carbocycles. The van der Waals surface area contributed by atoms with Crippen molar-refractivity contribution in [3.63, 3.8) is 0 Å². The maximum atomic E-state index is 3.55. The van der Waals surface area contributed by atoms with E-state index in [1.807, 2.05) is 0 Å². The minimum atomic E-state index is 0. The summed E-state index contributed by atoms with van der Waals surface area (Å²) < 4.78 is 0. The predicted octanol–water partition coefficient (Wildman–Crippen LogP) is 1.06. The second-order valence-electron chi connectivity index (χ2n) is 0.183. The van der Waals surface area contributed by atoms with E-state index in [0.717, 1.165) is 0 Å². The second-order valence-corrected chi connectivity index (χ2v) is 0.548. The molecule has 0 N–H and O–H groups in total. The van der Waals surface area contributed by atoms with Crippen molar-refractivity contribution < 1.29 is 22.4 Å². The Morgan fingerprint density at radius 2 is 1.75 bits per heavy atom. The van der Waals surface area contributed by atoms with Crippen LogP contribution in [0.25, 0.3) is 0 Å². The van der Waals surface area contributed by atoms with Crippen molar-refractivity contribution in [2.45, 2.75) is 0 Å². The molecule has 0 aromatic rings. The van der Waals surface area contributed by atoms with Gasteiger partial charge in [0, 0.05) is 0 Å². The molecule has 0 amide bonds. The normalized spacial score (nSPS) is 3.25. The molecule has 0 aliphatic heterocycles. The first-order valence-corrected chi connectivity index (χ1v) is 1.18. The number of hydrogen-bond donors (Lipinski definition) is 1. The smallest absolute Gasteiger partial charge is 0.152 e. The van der Waals surface area contributed by atoms with Crippen LogP contribution in [0, 0.1) is 0 Å². The third-order valence-corrected chi connectivity index (χ3v) is 0. The minimum absolute atomic E-state index is 0. The predicted molar refractivity (Wildman–Crippen MR) is 19.2 cm³/mol. The molecule has 0 aliphatic rings. The van der Waals surface area contributed by atoms with E-state index < -0.39 is 0 Å². The van der Waals surface area contributed by atoms with E-state index in [1.54, 1.807) is 0 Å². The quantitative estimate of drug-likeness (QED) is 0.405. The van der Waals surface area contributed by atoms with Crippen LogP contribution in [0.5, 0.6) is 0 Å². The number of thiol groups is 1. The van der Waals surface area contributed by atoms with E-state index in [1.165, 1.54) is 5.41 Å². The molecule has 0 bridgehead atoms. The second kappa shape index (κ2) is 9.16. The number of rotatable bonds is 0. The summed E-state index contributed by atoms with van der Waals surface area (Å²) in [4.78, 5) is 0. The van der Waals surface area contributed by atoms with Crippen LogP contribution in [-0.2, 0) is 22.4 Å². The molecule has 0 fully saturated rings. The SMILES string of the molecule is C=CS.[Ag+]. The van der Waals surface area contributed by atoms with Gasteiger partial charge in [-0.3, -0.25) is 0 Å². The molecule has 0 saturated heterocycles. The Morgan fingerprint density at radius 3 is 1.75 bits per heavy atom. The van der Waals surface area contributed by atoms with Gasteiger partial charge in [0.1, 0.15) is 0 Å². The fourth-order valence-corrected chi connectivity index (χ4v) is 0. The Hall–Kier alpha value is 0.830. The molecule has 4 heavy (non-hydrogen) atoms. The van der Waals surface area contributed by atoms with Gasteiger partial charge in [0.25, 0.3) is 0 Å². The molecule has 28 valence electrons. The van der Waals surface area contributed by atoms with E-state index in [9.17, 15) is 0 Å². The molecule has 0 aromatic heterocycles. The molecule has 0 atom stereocenters. The van der Waals surface area contributed by atoms with Gasteiger partial charge in [0.15, 0.2) is 0 Å². The average Bonchev–Trinajstić information content (AvgIpc) is 0.918. The van der Waals surface area contributed by atoms with Crippen LogP contribution in [0.1, 0.15) is 0 Å². The molecule has 0 heterocycles. The summed E-state index contributed by atoms with van der Waals surface area (Å²) in [5.74, 6) is 0. The zero-order valence-electron chi connectivity index (χ0n) is 2.03. The summed E-state index contributed by atoms with van der Waals surface area (Å²) in [5.41, 5.74) is 0. The monoisotopic (exact) mass is 167 g/mol. The summed E-state index contributed by atoms with van der Waals surface area (Å²) in [7, 11) is 0. The summed E-state index contributed by atoms with van der Waals surface area (Å²) in [6.45, 7) is 3.23. The van der Waals surface area contributed by atoms with E-state index in [4.69, 9.17) is 0 Å². The van der Waals surface area contributed by atoms with Gasteiger partial charge in [-0.15, -0.1) is 0 Å². The molecule has 2 heteroatoms. The Labute approximate surface area is 47.2 Å². The van der Waals surface area contributed by atoms with Gasteiger partial charge < -0.3 is 0 Å². The molecular weight excluding hydrogens is 164 g/mol. The van der Waals surface area contributed by atoms with Gasteiger partial charge in [-0.25, -0.2) is 0 Å². The van der Waals surface area contributed by atoms with Crippen molar-refractivity contribution in [3.8, 4) is 0 Å². The minimum Gasteiger partial charge on any atom is -0.152 e. The molecule has 0 aromatic carbocycles. The van der Waals surface area contributed by atoms with Crippen molar-refractivity contribution in [1.82, 2.24) is 0 Å². The third kappa shape index (κ3) is 13.8. The fraction of sp³-hybridized carbons (Fsp3) is 0.